The molecule has 1 atom stereocenters. The highest BCUT2D eigenvalue weighted by Gasteiger charge is 2.33. The predicted octanol–water partition coefficient (Wildman–Crippen LogP) is 5.00. The molecule has 1 amide bonds. The second-order valence-corrected chi connectivity index (χ2v) is 7.69. The van der Waals surface area contributed by atoms with Crippen molar-refractivity contribution in [3.05, 3.63) is 64.7 Å². The molecule has 1 unspecified atom stereocenters. The van der Waals surface area contributed by atoms with Crippen LogP contribution in [0.1, 0.15) is 40.1 Å². The third-order valence-corrected chi connectivity index (χ3v) is 5.59. The number of fused-ring (bicyclic) bond motifs is 2. The van der Waals surface area contributed by atoms with E-state index in [1.165, 1.54) is 5.56 Å². The molecule has 0 fully saturated rings. The van der Waals surface area contributed by atoms with Crippen molar-refractivity contribution >= 4 is 22.7 Å². The van der Waals surface area contributed by atoms with Gasteiger partial charge in [0.15, 0.2) is 0 Å². The molecule has 1 aliphatic heterocycles. The normalized spacial score (nSPS) is 15.9. The topological polar surface area (TPSA) is 72.4 Å². The third kappa shape index (κ3) is 2.67. The zero-order valence-corrected chi connectivity index (χ0v) is 16.8. The Kier molecular flexibility index (Phi) is 3.84. The van der Waals surface area contributed by atoms with E-state index in [1.807, 2.05) is 56.0 Å². The lowest BCUT2D eigenvalue weighted by Gasteiger charge is -2.23. The second-order valence-electron chi connectivity index (χ2n) is 7.69. The lowest BCUT2D eigenvalue weighted by atomic mass is 10.0. The van der Waals surface area contributed by atoms with E-state index in [2.05, 4.69) is 23.1 Å². The second kappa shape index (κ2) is 6.30. The molecule has 0 radical (unpaired) electrons. The third-order valence-electron chi connectivity index (χ3n) is 5.59. The Balaban J connectivity index is 1.71. The monoisotopic (exact) mass is 387 g/mol. The molecular formula is C23H21N3O3. The van der Waals surface area contributed by atoms with Crippen molar-refractivity contribution < 1.29 is 13.7 Å². The highest BCUT2D eigenvalue weighted by atomic mass is 16.5. The smallest absolute Gasteiger partial charge is 0.259 e. The quantitative estimate of drug-likeness (QED) is 0.484. The number of amides is 1. The standard InChI is InChI=1S/C23H21N3O3/c1-12-9-16-7-5-6-8-20(16)26(12)23(27)18-11-19(17-10-13(2)28-15(17)4)24-22-21(18)14(3)25-29-22/h5-8,10-12H,9H2,1-4H3. The van der Waals surface area contributed by atoms with Gasteiger partial charge in [-0.3, -0.25) is 4.79 Å². The summed E-state index contributed by atoms with van der Waals surface area (Å²) >= 11 is 0. The minimum atomic E-state index is -0.0692. The largest absolute Gasteiger partial charge is 0.466 e. The summed E-state index contributed by atoms with van der Waals surface area (Å²) in [6.45, 7) is 7.68. The van der Waals surface area contributed by atoms with E-state index in [1.54, 1.807) is 0 Å². The van der Waals surface area contributed by atoms with Gasteiger partial charge in [0.05, 0.1) is 22.3 Å². The van der Waals surface area contributed by atoms with E-state index in [-0.39, 0.29) is 11.9 Å². The molecule has 3 aromatic heterocycles. The highest BCUT2D eigenvalue weighted by molar-refractivity contribution is 6.15. The molecule has 0 aliphatic carbocycles. The maximum Gasteiger partial charge on any atom is 0.259 e. The van der Waals surface area contributed by atoms with Crippen LogP contribution >= 0.6 is 0 Å². The van der Waals surface area contributed by atoms with Crippen LogP contribution < -0.4 is 4.90 Å². The Morgan fingerprint density at radius 1 is 1.17 bits per heavy atom. The number of nitrogens with zero attached hydrogens (tertiary/aromatic N) is 3. The molecule has 5 rings (SSSR count). The first-order valence-electron chi connectivity index (χ1n) is 9.70. The van der Waals surface area contributed by atoms with Gasteiger partial charge in [-0.15, -0.1) is 0 Å². The van der Waals surface area contributed by atoms with Crippen LogP contribution in [-0.2, 0) is 6.42 Å². The van der Waals surface area contributed by atoms with Gasteiger partial charge in [0.2, 0.25) is 0 Å². The first-order chi connectivity index (χ1) is 13.9. The Labute approximate surface area is 168 Å². The summed E-state index contributed by atoms with van der Waals surface area (Å²) in [7, 11) is 0. The Morgan fingerprint density at radius 3 is 2.72 bits per heavy atom. The van der Waals surface area contributed by atoms with Crippen molar-refractivity contribution in [3.63, 3.8) is 0 Å². The maximum absolute atomic E-state index is 13.8. The molecule has 1 aliphatic rings. The first-order valence-corrected chi connectivity index (χ1v) is 9.70. The molecular weight excluding hydrogens is 366 g/mol. The van der Waals surface area contributed by atoms with Crippen molar-refractivity contribution in [2.75, 3.05) is 4.90 Å². The lowest BCUT2D eigenvalue weighted by Crippen LogP contribution is -2.35. The van der Waals surface area contributed by atoms with Gasteiger partial charge in [0, 0.05) is 17.3 Å². The van der Waals surface area contributed by atoms with E-state index in [9.17, 15) is 4.79 Å². The number of aromatic nitrogens is 2. The molecule has 0 saturated heterocycles. The summed E-state index contributed by atoms with van der Waals surface area (Å²) in [5, 5.41) is 4.72. The molecule has 146 valence electrons. The Bertz CT molecular complexity index is 1270. The van der Waals surface area contributed by atoms with Crippen LogP contribution in [0.3, 0.4) is 0 Å². The molecule has 0 spiro atoms. The van der Waals surface area contributed by atoms with Gasteiger partial charge in [-0.1, -0.05) is 23.4 Å². The number of rotatable bonds is 2. The van der Waals surface area contributed by atoms with E-state index in [0.717, 1.165) is 29.2 Å². The van der Waals surface area contributed by atoms with Gasteiger partial charge in [0.1, 0.15) is 11.5 Å². The first kappa shape index (κ1) is 17.7. The number of hydrogen-bond donors (Lipinski definition) is 0. The average molecular weight is 387 g/mol. The number of pyridine rings is 1. The van der Waals surface area contributed by atoms with Gasteiger partial charge in [-0.05, 0) is 57.9 Å². The SMILES string of the molecule is Cc1cc(-c2cc(C(=O)N3c4ccccc4CC3C)c3c(C)noc3n2)c(C)o1. The van der Waals surface area contributed by atoms with Crippen molar-refractivity contribution in [1.29, 1.82) is 0 Å². The van der Waals surface area contributed by atoms with Crippen molar-refractivity contribution in [2.24, 2.45) is 0 Å². The fourth-order valence-corrected chi connectivity index (χ4v) is 4.29. The molecule has 0 saturated carbocycles. The molecule has 0 bridgehead atoms. The van der Waals surface area contributed by atoms with Gasteiger partial charge in [0.25, 0.3) is 11.6 Å². The number of para-hydroxylation sites is 1. The fraction of sp³-hybridized carbons (Fsp3) is 0.261. The van der Waals surface area contributed by atoms with Crippen LogP contribution in [-0.4, -0.2) is 22.1 Å². The number of aryl methyl sites for hydroxylation is 3. The van der Waals surface area contributed by atoms with Crippen LogP contribution in [0.5, 0.6) is 0 Å². The van der Waals surface area contributed by atoms with Gasteiger partial charge >= 0.3 is 0 Å². The number of benzene rings is 1. The summed E-state index contributed by atoms with van der Waals surface area (Å²) in [6.07, 6.45) is 0.839. The van der Waals surface area contributed by atoms with Crippen LogP contribution in [0.4, 0.5) is 5.69 Å². The van der Waals surface area contributed by atoms with Crippen molar-refractivity contribution in [2.45, 2.75) is 40.2 Å². The van der Waals surface area contributed by atoms with Crippen molar-refractivity contribution in [3.8, 4) is 11.3 Å². The predicted molar refractivity (Wildman–Crippen MR) is 110 cm³/mol. The van der Waals surface area contributed by atoms with E-state index < -0.39 is 0 Å². The van der Waals surface area contributed by atoms with E-state index in [4.69, 9.17) is 8.94 Å². The number of carbonyl (C=O) groups excluding carboxylic acids is 1. The Hall–Kier alpha value is -3.41. The number of furan rings is 1. The molecule has 29 heavy (non-hydrogen) atoms. The molecule has 1 aromatic carbocycles. The van der Waals surface area contributed by atoms with Crippen LogP contribution in [0.15, 0.2) is 45.3 Å². The fourth-order valence-electron chi connectivity index (χ4n) is 4.29. The number of hydrogen-bond acceptors (Lipinski definition) is 5. The number of carbonyl (C=O) groups is 1. The average Bonchev–Trinajstić information content (AvgIpc) is 3.34. The van der Waals surface area contributed by atoms with Crippen molar-refractivity contribution in [1.82, 2.24) is 10.1 Å². The zero-order chi connectivity index (χ0) is 20.3. The molecule has 4 heterocycles. The van der Waals surface area contributed by atoms with E-state index in [0.29, 0.717) is 28.1 Å². The summed E-state index contributed by atoms with van der Waals surface area (Å²) < 4.78 is 11.1. The van der Waals surface area contributed by atoms with Crippen LogP contribution in [0, 0.1) is 20.8 Å². The minimum absolute atomic E-state index is 0.0692. The van der Waals surface area contributed by atoms with Crippen LogP contribution in [0.2, 0.25) is 0 Å². The summed E-state index contributed by atoms with van der Waals surface area (Å²) in [6, 6.07) is 11.9. The van der Waals surface area contributed by atoms with Crippen LogP contribution in [0.25, 0.3) is 22.4 Å². The minimum Gasteiger partial charge on any atom is -0.466 e. The number of anilines is 1. The molecule has 4 aromatic rings. The zero-order valence-electron chi connectivity index (χ0n) is 16.8. The van der Waals surface area contributed by atoms with Gasteiger partial charge in [-0.25, -0.2) is 4.98 Å². The van der Waals surface area contributed by atoms with Gasteiger partial charge < -0.3 is 13.8 Å². The lowest BCUT2D eigenvalue weighted by molar-refractivity contribution is 0.0983. The molecule has 6 nitrogen and oxygen atoms in total. The van der Waals surface area contributed by atoms with E-state index >= 15 is 0 Å². The highest BCUT2D eigenvalue weighted by Crippen LogP contribution is 2.36. The molecule has 0 N–H and O–H groups in total. The van der Waals surface area contributed by atoms with Gasteiger partial charge in [-0.2, -0.15) is 0 Å². The summed E-state index contributed by atoms with van der Waals surface area (Å²) in [5.41, 5.74) is 5.20. The summed E-state index contributed by atoms with van der Waals surface area (Å²) in [5.74, 6) is 1.48. The Morgan fingerprint density at radius 2 is 1.97 bits per heavy atom. The maximum atomic E-state index is 13.8. The molecule has 6 heteroatoms. The summed E-state index contributed by atoms with van der Waals surface area (Å²) in [4.78, 5) is 20.2.